The molecule has 0 aliphatic carbocycles. The SMILES string of the molecule is CC(C)NC(C)C.CC1(C)COPS1. The minimum atomic E-state index is 0.401. The van der Waals surface area contributed by atoms with Crippen molar-refractivity contribution in [3.8, 4) is 0 Å². The van der Waals surface area contributed by atoms with E-state index in [0.717, 1.165) is 6.61 Å². The van der Waals surface area contributed by atoms with Crippen LogP contribution < -0.4 is 5.32 Å². The number of hydrogen-bond acceptors (Lipinski definition) is 3. The zero-order valence-corrected chi connectivity index (χ0v) is 12.0. The summed E-state index contributed by atoms with van der Waals surface area (Å²) in [5.41, 5.74) is 0. The minimum absolute atomic E-state index is 0.401. The first-order chi connectivity index (χ1) is 6.33. The molecule has 1 unspecified atom stereocenters. The Morgan fingerprint density at radius 2 is 1.71 bits per heavy atom. The molecule has 0 spiro atoms. The third-order valence-corrected chi connectivity index (χ3v) is 4.74. The van der Waals surface area contributed by atoms with Gasteiger partial charge in [-0.2, -0.15) is 0 Å². The summed E-state index contributed by atoms with van der Waals surface area (Å²) in [5.74, 6) is 0. The van der Waals surface area contributed by atoms with Crippen LogP contribution in [0.5, 0.6) is 0 Å². The van der Waals surface area contributed by atoms with Crippen LogP contribution in [0.25, 0.3) is 0 Å². The number of hydrogen-bond donors (Lipinski definition) is 1. The van der Waals surface area contributed by atoms with Crippen LogP contribution in [-0.4, -0.2) is 23.4 Å². The van der Waals surface area contributed by atoms with E-state index >= 15 is 0 Å². The molecule has 1 aliphatic rings. The first-order valence-corrected chi connectivity index (χ1v) is 7.59. The van der Waals surface area contributed by atoms with E-state index < -0.39 is 0 Å². The molecule has 0 bridgehead atoms. The van der Waals surface area contributed by atoms with E-state index in [0.29, 0.717) is 24.8 Å². The molecule has 1 rings (SSSR count). The van der Waals surface area contributed by atoms with E-state index in [1.807, 2.05) is 11.4 Å². The second-order valence-corrected chi connectivity index (χ2v) is 7.59. The van der Waals surface area contributed by atoms with Gasteiger partial charge >= 0.3 is 0 Å². The zero-order valence-electron chi connectivity index (χ0n) is 10.2. The monoisotopic (exact) mass is 237 g/mol. The molecule has 1 N–H and O–H groups in total. The highest BCUT2D eigenvalue weighted by molar-refractivity contribution is 8.49. The average molecular weight is 237 g/mol. The molecule has 4 heteroatoms. The van der Waals surface area contributed by atoms with Crippen LogP contribution in [0.2, 0.25) is 0 Å². The Morgan fingerprint density at radius 3 is 1.79 bits per heavy atom. The summed E-state index contributed by atoms with van der Waals surface area (Å²) < 4.78 is 5.55. The Labute approximate surface area is 94.6 Å². The van der Waals surface area contributed by atoms with Crippen LogP contribution in [-0.2, 0) is 4.52 Å². The van der Waals surface area contributed by atoms with Gasteiger partial charge in [-0.15, -0.1) is 11.4 Å². The molecule has 1 heterocycles. The molecule has 0 aromatic heterocycles. The number of nitrogens with one attached hydrogen (secondary N) is 1. The van der Waals surface area contributed by atoms with Gasteiger partial charge in [0.2, 0.25) is 0 Å². The molecule has 0 radical (unpaired) electrons. The Kier molecular flexibility index (Phi) is 7.41. The van der Waals surface area contributed by atoms with Gasteiger partial charge in [0.25, 0.3) is 0 Å². The lowest BCUT2D eigenvalue weighted by atomic mass is 10.2. The Hall–Kier alpha value is 0.700. The maximum absolute atomic E-state index is 5.15. The van der Waals surface area contributed by atoms with E-state index in [9.17, 15) is 0 Å². The van der Waals surface area contributed by atoms with Crippen LogP contribution >= 0.6 is 19.4 Å². The van der Waals surface area contributed by atoms with Crippen LogP contribution in [0.3, 0.4) is 0 Å². The van der Waals surface area contributed by atoms with E-state index in [1.54, 1.807) is 0 Å². The molecule has 2 nitrogen and oxygen atoms in total. The number of rotatable bonds is 2. The van der Waals surface area contributed by atoms with Crippen LogP contribution in [0.1, 0.15) is 41.5 Å². The minimum Gasteiger partial charge on any atom is -0.350 e. The average Bonchev–Trinajstić information content (AvgIpc) is 2.32. The summed E-state index contributed by atoms with van der Waals surface area (Å²) in [4.78, 5) is 0. The molecule has 1 aliphatic heterocycles. The van der Waals surface area contributed by atoms with Gasteiger partial charge in [0.05, 0.1) is 14.6 Å². The second-order valence-electron chi connectivity index (χ2n) is 4.71. The maximum atomic E-state index is 5.15. The van der Waals surface area contributed by atoms with Crippen molar-refractivity contribution in [3.05, 3.63) is 0 Å². The quantitative estimate of drug-likeness (QED) is 0.743. The van der Waals surface area contributed by atoms with Gasteiger partial charge in [0.1, 0.15) is 0 Å². The molecule has 1 saturated heterocycles. The Bertz CT molecular complexity index is 137. The molecule has 0 saturated carbocycles. The van der Waals surface area contributed by atoms with E-state index in [-0.39, 0.29) is 0 Å². The summed E-state index contributed by atoms with van der Waals surface area (Å²) >= 11 is 1.91. The van der Waals surface area contributed by atoms with Crippen molar-refractivity contribution in [1.82, 2.24) is 5.32 Å². The lowest BCUT2D eigenvalue weighted by Gasteiger charge is -2.10. The summed E-state index contributed by atoms with van der Waals surface area (Å²) in [6.45, 7) is 13.9. The van der Waals surface area contributed by atoms with Gasteiger partial charge < -0.3 is 9.84 Å². The molecular formula is C10H24NOPS. The second kappa shape index (κ2) is 7.05. The first-order valence-electron chi connectivity index (χ1n) is 5.14. The van der Waals surface area contributed by atoms with Gasteiger partial charge in [-0.3, -0.25) is 0 Å². The summed E-state index contributed by atoms with van der Waals surface area (Å²) in [7, 11) is 0.677. The van der Waals surface area contributed by atoms with Crippen molar-refractivity contribution >= 4 is 19.4 Å². The van der Waals surface area contributed by atoms with Crippen molar-refractivity contribution in [2.75, 3.05) is 6.61 Å². The van der Waals surface area contributed by atoms with Crippen LogP contribution in [0, 0.1) is 0 Å². The highest BCUT2D eigenvalue weighted by atomic mass is 32.7. The Balaban J connectivity index is 0.000000241. The predicted octanol–water partition coefficient (Wildman–Crippen LogP) is 3.43. The van der Waals surface area contributed by atoms with Crippen LogP contribution in [0.4, 0.5) is 0 Å². The third kappa shape index (κ3) is 9.26. The third-order valence-electron chi connectivity index (χ3n) is 1.46. The van der Waals surface area contributed by atoms with Gasteiger partial charge in [-0.05, 0) is 13.8 Å². The summed E-state index contributed by atoms with van der Waals surface area (Å²) in [6.07, 6.45) is 0. The fourth-order valence-electron chi connectivity index (χ4n) is 1.04. The van der Waals surface area contributed by atoms with E-state index in [4.69, 9.17) is 4.52 Å². The molecule has 1 atom stereocenters. The van der Waals surface area contributed by atoms with Crippen molar-refractivity contribution < 1.29 is 4.52 Å². The van der Waals surface area contributed by atoms with E-state index in [2.05, 4.69) is 46.9 Å². The largest absolute Gasteiger partial charge is 0.350 e. The maximum Gasteiger partial charge on any atom is 0.0751 e. The van der Waals surface area contributed by atoms with Crippen molar-refractivity contribution in [2.45, 2.75) is 58.4 Å². The molecule has 0 aromatic rings. The fraction of sp³-hybridized carbons (Fsp3) is 1.00. The van der Waals surface area contributed by atoms with Crippen molar-refractivity contribution in [2.24, 2.45) is 0 Å². The molecular weight excluding hydrogens is 213 g/mol. The molecule has 0 amide bonds. The van der Waals surface area contributed by atoms with Crippen LogP contribution in [0.15, 0.2) is 0 Å². The normalized spacial score (nSPS) is 21.4. The molecule has 1 fully saturated rings. The van der Waals surface area contributed by atoms with Gasteiger partial charge in [0, 0.05) is 16.8 Å². The summed E-state index contributed by atoms with van der Waals surface area (Å²) in [5, 5.41) is 3.31. The fourth-order valence-corrected chi connectivity index (χ4v) is 3.18. The standard InChI is InChI=1S/C6H15N.C4H9OPS/c1-5(2)7-6(3)4;1-4(2)3-5-6-7-4/h5-7H,1-4H3;6H,3H2,1-2H3. The lowest BCUT2D eigenvalue weighted by molar-refractivity contribution is 0.344. The highest BCUT2D eigenvalue weighted by Gasteiger charge is 2.24. The first kappa shape index (κ1) is 14.7. The van der Waals surface area contributed by atoms with E-state index in [1.165, 1.54) is 0 Å². The van der Waals surface area contributed by atoms with Gasteiger partial charge in [-0.25, -0.2) is 0 Å². The molecule has 14 heavy (non-hydrogen) atoms. The van der Waals surface area contributed by atoms with Gasteiger partial charge in [-0.1, -0.05) is 27.7 Å². The summed E-state index contributed by atoms with van der Waals surface area (Å²) in [6, 6.07) is 1.25. The Morgan fingerprint density at radius 1 is 1.21 bits per heavy atom. The topological polar surface area (TPSA) is 21.3 Å². The lowest BCUT2D eigenvalue weighted by Crippen LogP contribution is -2.29. The van der Waals surface area contributed by atoms with Crippen molar-refractivity contribution in [1.29, 1.82) is 0 Å². The molecule has 86 valence electrons. The molecule has 0 aromatic carbocycles. The predicted molar refractivity (Wildman–Crippen MR) is 69.3 cm³/mol. The zero-order chi connectivity index (χ0) is 11.2. The smallest absolute Gasteiger partial charge is 0.0751 e. The highest BCUT2D eigenvalue weighted by Crippen LogP contribution is 2.48. The van der Waals surface area contributed by atoms with Crippen molar-refractivity contribution in [3.63, 3.8) is 0 Å². The van der Waals surface area contributed by atoms with Gasteiger partial charge in [0.15, 0.2) is 0 Å².